The molecule has 0 atom stereocenters. The molecule has 0 radical (unpaired) electrons. The molecule has 0 unspecified atom stereocenters. The van der Waals surface area contributed by atoms with Gasteiger partial charge in [0.05, 0.1) is 12.2 Å². The van der Waals surface area contributed by atoms with Crippen LogP contribution in [0, 0.1) is 0 Å². The molecule has 0 saturated carbocycles. The summed E-state index contributed by atoms with van der Waals surface area (Å²) in [5.74, 6) is 1.21. The Hall–Kier alpha value is -2.53. The standard InChI is InChI=1S/C27H37N3O2/c1-2-17-28-22-26(31)30-20-15-27(16-21-30)14-19-29(24-12-6-7-13-25(24)32-27)18-8-11-23-9-4-3-5-10-23/h3-7,9-10,12-13,28H,2,8,11,14-22H2,1H3. The van der Waals surface area contributed by atoms with Crippen molar-refractivity contribution < 1.29 is 9.53 Å². The van der Waals surface area contributed by atoms with E-state index in [1.807, 2.05) is 4.90 Å². The second-order valence-electron chi connectivity index (χ2n) is 9.14. The first-order chi connectivity index (χ1) is 15.7. The molecule has 2 aromatic rings. The molecule has 32 heavy (non-hydrogen) atoms. The van der Waals surface area contributed by atoms with E-state index in [-0.39, 0.29) is 11.5 Å². The molecule has 0 aromatic heterocycles. The van der Waals surface area contributed by atoms with Gasteiger partial charge in [-0.3, -0.25) is 4.79 Å². The average molecular weight is 436 g/mol. The third-order valence-corrected chi connectivity index (χ3v) is 6.84. The number of piperidine rings is 1. The number of aryl methyl sites for hydroxylation is 1. The number of hydrogen-bond donors (Lipinski definition) is 1. The fourth-order valence-electron chi connectivity index (χ4n) is 4.90. The molecule has 0 aliphatic carbocycles. The van der Waals surface area contributed by atoms with Gasteiger partial charge in [-0.1, -0.05) is 49.4 Å². The maximum Gasteiger partial charge on any atom is 0.236 e. The summed E-state index contributed by atoms with van der Waals surface area (Å²) >= 11 is 0. The zero-order chi connectivity index (χ0) is 22.2. The Morgan fingerprint density at radius 2 is 1.72 bits per heavy atom. The maximum absolute atomic E-state index is 12.5. The van der Waals surface area contributed by atoms with Gasteiger partial charge in [0.1, 0.15) is 11.4 Å². The highest BCUT2D eigenvalue weighted by molar-refractivity contribution is 5.78. The molecule has 2 aliphatic heterocycles. The first-order valence-corrected chi connectivity index (χ1v) is 12.2. The Morgan fingerprint density at radius 1 is 1.00 bits per heavy atom. The second-order valence-corrected chi connectivity index (χ2v) is 9.14. The molecule has 2 aromatic carbocycles. The maximum atomic E-state index is 12.5. The van der Waals surface area contributed by atoms with Crippen LogP contribution in [0.1, 0.15) is 44.6 Å². The van der Waals surface area contributed by atoms with Crippen molar-refractivity contribution in [2.45, 2.75) is 51.0 Å². The lowest BCUT2D eigenvalue weighted by Gasteiger charge is -2.41. The fourth-order valence-corrected chi connectivity index (χ4v) is 4.90. The average Bonchev–Trinajstić information content (AvgIpc) is 2.97. The predicted molar refractivity (Wildman–Crippen MR) is 130 cm³/mol. The number of nitrogens with zero attached hydrogens (tertiary/aromatic N) is 2. The summed E-state index contributed by atoms with van der Waals surface area (Å²) in [6.07, 6.45) is 6.07. The van der Waals surface area contributed by atoms with Gasteiger partial charge < -0.3 is 19.9 Å². The SMILES string of the molecule is CCCNCC(=O)N1CCC2(CC1)CCN(CCCc1ccccc1)c1ccccc1O2. The normalized spacial score (nSPS) is 17.5. The molecule has 2 heterocycles. The number of para-hydroxylation sites is 2. The summed E-state index contributed by atoms with van der Waals surface area (Å²) in [5, 5.41) is 3.23. The highest BCUT2D eigenvalue weighted by Gasteiger charge is 2.40. The summed E-state index contributed by atoms with van der Waals surface area (Å²) in [5.41, 5.74) is 2.44. The Labute approximate surface area is 192 Å². The minimum absolute atomic E-state index is 0.169. The van der Waals surface area contributed by atoms with Crippen molar-refractivity contribution >= 4 is 11.6 Å². The summed E-state index contributed by atoms with van der Waals surface area (Å²) < 4.78 is 6.71. The lowest BCUT2D eigenvalue weighted by molar-refractivity contribution is -0.133. The van der Waals surface area contributed by atoms with E-state index in [4.69, 9.17) is 4.74 Å². The Balaban J connectivity index is 1.37. The van der Waals surface area contributed by atoms with E-state index in [0.717, 1.165) is 77.0 Å². The van der Waals surface area contributed by atoms with Crippen LogP contribution in [-0.4, -0.2) is 55.7 Å². The summed E-state index contributed by atoms with van der Waals surface area (Å²) in [7, 11) is 0. The van der Waals surface area contributed by atoms with Gasteiger partial charge >= 0.3 is 0 Å². The van der Waals surface area contributed by atoms with Crippen LogP contribution < -0.4 is 15.0 Å². The summed E-state index contributed by atoms with van der Waals surface area (Å²) in [4.78, 5) is 17.0. The number of nitrogens with one attached hydrogen (secondary N) is 1. The number of amides is 1. The van der Waals surface area contributed by atoms with Crippen molar-refractivity contribution in [2.75, 3.05) is 44.2 Å². The van der Waals surface area contributed by atoms with Crippen LogP contribution in [0.2, 0.25) is 0 Å². The van der Waals surface area contributed by atoms with Gasteiger partial charge in [-0.25, -0.2) is 0 Å². The van der Waals surface area contributed by atoms with Gasteiger partial charge in [0, 0.05) is 45.4 Å². The number of benzene rings is 2. The highest BCUT2D eigenvalue weighted by Crippen LogP contribution is 2.40. The van der Waals surface area contributed by atoms with E-state index in [0.29, 0.717) is 6.54 Å². The van der Waals surface area contributed by atoms with Crippen molar-refractivity contribution in [2.24, 2.45) is 0 Å². The second kappa shape index (κ2) is 10.9. The number of ether oxygens (including phenoxy) is 1. The molecule has 1 amide bonds. The van der Waals surface area contributed by atoms with Gasteiger partial charge in [0.15, 0.2) is 0 Å². The third kappa shape index (κ3) is 5.63. The molecule has 5 nitrogen and oxygen atoms in total. The lowest BCUT2D eigenvalue weighted by atomic mass is 9.87. The molecule has 5 heteroatoms. The molecule has 1 spiro atoms. The van der Waals surface area contributed by atoms with E-state index in [9.17, 15) is 4.79 Å². The van der Waals surface area contributed by atoms with Crippen LogP contribution in [0.15, 0.2) is 54.6 Å². The van der Waals surface area contributed by atoms with Gasteiger partial charge in [-0.05, 0) is 43.5 Å². The van der Waals surface area contributed by atoms with Crippen molar-refractivity contribution in [3.8, 4) is 5.75 Å². The van der Waals surface area contributed by atoms with Gasteiger partial charge in [-0.2, -0.15) is 0 Å². The molecule has 1 N–H and O–H groups in total. The van der Waals surface area contributed by atoms with Crippen molar-refractivity contribution in [3.05, 3.63) is 60.2 Å². The van der Waals surface area contributed by atoms with E-state index >= 15 is 0 Å². The lowest BCUT2D eigenvalue weighted by Crippen LogP contribution is -2.51. The number of likely N-dealkylation sites (tertiary alicyclic amines) is 1. The first kappa shape index (κ1) is 22.7. The Kier molecular flexibility index (Phi) is 7.69. The summed E-state index contributed by atoms with van der Waals surface area (Å²) in [6.45, 7) is 7.04. The molecule has 1 saturated heterocycles. The predicted octanol–water partition coefficient (Wildman–Crippen LogP) is 4.27. The highest BCUT2D eigenvalue weighted by atomic mass is 16.5. The molecule has 0 bridgehead atoms. The molecule has 1 fully saturated rings. The summed E-state index contributed by atoms with van der Waals surface area (Å²) in [6, 6.07) is 19.2. The molecular weight excluding hydrogens is 398 g/mol. The van der Waals surface area contributed by atoms with Crippen LogP contribution in [0.5, 0.6) is 5.75 Å². The third-order valence-electron chi connectivity index (χ3n) is 6.84. The number of fused-ring (bicyclic) bond motifs is 1. The smallest absolute Gasteiger partial charge is 0.236 e. The van der Waals surface area contributed by atoms with Crippen LogP contribution in [0.3, 0.4) is 0 Å². The minimum Gasteiger partial charge on any atom is -0.485 e. The molecular formula is C27H37N3O2. The number of anilines is 1. The van der Waals surface area contributed by atoms with Gasteiger partial charge in [0.2, 0.25) is 5.91 Å². The zero-order valence-electron chi connectivity index (χ0n) is 19.4. The Bertz CT molecular complexity index is 862. The van der Waals surface area contributed by atoms with Crippen LogP contribution in [-0.2, 0) is 11.2 Å². The van der Waals surface area contributed by atoms with E-state index in [2.05, 4.69) is 71.7 Å². The number of carbonyl (C=O) groups excluding carboxylic acids is 1. The van der Waals surface area contributed by atoms with Crippen molar-refractivity contribution in [1.82, 2.24) is 10.2 Å². The molecule has 172 valence electrons. The minimum atomic E-state index is -0.169. The van der Waals surface area contributed by atoms with E-state index < -0.39 is 0 Å². The van der Waals surface area contributed by atoms with E-state index in [1.165, 1.54) is 11.3 Å². The number of carbonyl (C=O) groups is 1. The van der Waals surface area contributed by atoms with Crippen LogP contribution in [0.4, 0.5) is 5.69 Å². The quantitative estimate of drug-likeness (QED) is 0.629. The van der Waals surface area contributed by atoms with Gasteiger partial charge in [-0.15, -0.1) is 0 Å². The fraction of sp³-hybridized carbons (Fsp3) is 0.519. The van der Waals surface area contributed by atoms with E-state index in [1.54, 1.807) is 0 Å². The first-order valence-electron chi connectivity index (χ1n) is 12.2. The molecule has 4 rings (SSSR count). The molecule has 2 aliphatic rings. The van der Waals surface area contributed by atoms with Gasteiger partial charge in [0.25, 0.3) is 0 Å². The number of rotatable bonds is 8. The number of hydrogen-bond acceptors (Lipinski definition) is 4. The van der Waals surface area contributed by atoms with Crippen LogP contribution >= 0.6 is 0 Å². The van der Waals surface area contributed by atoms with Crippen molar-refractivity contribution in [1.29, 1.82) is 0 Å². The van der Waals surface area contributed by atoms with Crippen molar-refractivity contribution in [3.63, 3.8) is 0 Å². The monoisotopic (exact) mass is 435 g/mol. The topological polar surface area (TPSA) is 44.8 Å². The zero-order valence-corrected chi connectivity index (χ0v) is 19.4. The Morgan fingerprint density at radius 3 is 2.50 bits per heavy atom. The van der Waals surface area contributed by atoms with Crippen LogP contribution in [0.25, 0.3) is 0 Å². The largest absolute Gasteiger partial charge is 0.485 e.